The summed E-state index contributed by atoms with van der Waals surface area (Å²) in [5.41, 5.74) is 4.75. The monoisotopic (exact) mass is 227 g/mol. The lowest BCUT2D eigenvalue weighted by Crippen LogP contribution is -2.50. The summed E-state index contributed by atoms with van der Waals surface area (Å²) in [6, 6.07) is 0.255. The fourth-order valence-electron chi connectivity index (χ4n) is 2.10. The van der Waals surface area contributed by atoms with Gasteiger partial charge >= 0.3 is 0 Å². The summed E-state index contributed by atoms with van der Waals surface area (Å²) in [5.74, 6) is -0.0330. The lowest BCUT2D eigenvalue weighted by Gasteiger charge is -2.32. The molecule has 0 spiro atoms. The molecule has 5 nitrogen and oxygen atoms in total. The van der Waals surface area contributed by atoms with E-state index in [2.05, 4.69) is 5.16 Å². The Morgan fingerprint density at radius 3 is 2.69 bits per heavy atom. The fourth-order valence-corrected chi connectivity index (χ4v) is 2.10. The topological polar surface area (TPSA) is 78.9 Å². The SMILES string of the molecule is CCC(C)(C(=O)N1CCCC1C)C(N)=NO. The molecule has 92 valence electrons. The number of rotatable bonds is 3. The molecule has 1 amide bonds. The number of hydrogen-bond acceptors (Lipinski definition) is 3. The van der Waals surface area contributed by atoms with Crippen molar-refractivity contribution in [3.05, 3.63) is 0 Å². The molecule has 0 aromatic rings. The van der Waals surface area contributed by atoms with E-state index in [0.717, 1.165) is 19.4 Å². The van der Waals surface area contributed by atoms with E-state index in [1.54, 1.807) is 6.92 Å². The minimum absolute atomic E-state index is 0.000833. The average molecular weight is 227 g/mol. The second-order valence-corrected chi connectivity index (χ2v) is 4.66. The van der Waals surface area contributed by atoms with Crippen LogP contribution in [0, 0.1) is 5.41 Å². The Balaban J connectivity index is 2.92. The molecule has 0 aromatic carbocycles. The van der Waals surface area contributed by atoms with Crippen molar-refractivity contribution < 1.29 is 10.0 Å². The number of carbonyl (C=O) groups is 1. The maximum Gasteiger partial charge on any atom is 0.236 e. The first-order valence-electron chi connectivity index (χ1n) is 5.76. The van der Waals surface area contributed by atoms with Gasteiger partial charge in [-0.1, -0.05) is 12.1 Å². The quantitative estimate of drug-likeness (QED) is 0.328. The van der Waals surface area contributed by atoms with Crippen molar-refractivity contribution >= 4 is 11.7 Å². The molecule has 5 heteroatoms. The Hall–Kier alpha value is -1.26. The predicted molar refractivity (Wildman–Crippen MR) is 62.2 cm³/mol. The molecule has 1 aliphatic rings. The van der Waals surface area contributed by atoms with E-state index in [9.17, 15) is 4.79 Å². The molecule has 0 saturated carbocycles. The van der Waals surface area contributed by atoms with Gasteiger partial charge in [0.15, 0.2) is 5.84 Å². The number of carbonyl (C=O) groups excluding carboxylic acids is 1. The smallest absolute Gasteiger partial charge is 0.236 e. The van der Waals surface area contributed by atoms with Gasteiger partial charge in [-0.2, -0.15) is 0 Å². The molecular formula is C11H21N3O2. The molecule has 1 saturated heterocycles. The molecular weight excluding hydrogens is 206 g/mol. The zero-order valence-corrected chi connectivity index (χ0v) is 10.2. The van der Waals surface area contributed by atoms with E-state index >= 15 is 0 Å². The van der Waals surface area contributed by atoms with Gasteiger partial charge in [-0.3, -0.25) is 4.79 Å². The first-order chi connectivity index (χ1) is 7.47. The van der Waals surface area contributed by atoms with Crippen molar-refractivity contribution in [3.8, 4) is 0 Å². The van der Waals surface area contributed by atoms with Crippen molar-refractivity contribution in [2.45, 2.75) is 46.1 Å². The van der Waals surface area contributed by atoms with Crippen LogP contribution in [0.2, 0.25) is 0 Å². The van der Waals surface area contributed by atoms with Gasteiger partial charge in [0.25, 0.3) is 0 Å². The Morgan fingerprint density at radius 2 is 2.31 bits per heavy atom. The first-order valence-corrected chi connectivity index (χ1v) is 5.76. The van der Waals surface area contributed by atoms with Crippen LogP contribution in [0.15, 0.2) is 5.16 Å². The van der Waals surface area contributed by atoms with Crippen LogP contribution < -0.4 is 5.73 Å². The molecule has 3 N–H and O–H groups in total. The number of oxime groups is 1. The number of hydrogen-bond donors (Lipinski definition) is 2. The molecule has 0 aromatic heterocycles. The Bertz CT molecular complexity index is 304. The first kappa shape index (κ1) is 12.8. The maximum atomic E-state index is 12.4. The average Bonchev–Trinajstić information content (AvgIpc) is 2.72. The van der Waals surface area contributed by atoms with Gasteiger partial charge in [0, 0.05) is 12.6 Å². The molecule has 0 radical (unpaired) electrons. The number of amides is 1. The zero-order valence-electron chi connectivity index (χ0n) is 10.2. The Morgan fingerprint density at radius 1 is 1.69 bits per heavy atom. The Labute approximate surface area is 96.3 Å². The number of amidine groups is 1. The van der Waals surface area contributed by atoms with Crippen molar-refractivity contribution in [2.24, 2.45) is 16.3 Å². The highest BCUT2D eigenvalue weighted by Crippen LogP contribution is 2.29. The predicted octanol–water partition coefficient (Wildman–Crippen LogP) is 1.16. The zero-order chi connectivity index (χ0) is 12.3. The largest absolute Gasteiger partial charge is 0.409 e. The Kier molecular flexibility index (Phi) is 3.78. The maximum absolute atomic E-state index is 12.4. The van der Waals surface area contributed by atoms with Gasteiger partial charge in [0.2, 0.25) is 5.91 Å². The summed E-state index contributed by atoms with van der Waals surface area (Å²) in [6.07, 6.45) is 2.59. The van der Waals surface area contributed by atoms with E-state index in [-0.39, 0.29) is 17.8 Å². The van der Waals surface area contributed by atoms with Crippen molar-refractivity contribution in [1.82, 2.24) is 4.90 Å². The second-order valence-electron chi connectivity index (χ2n) is 4.66. The fraction of sp³-hybridized carbons (Fsp3) is 0.818. The lowest BCUT2D eigenvalue weighted by atomic mass is 9.84. The molecule has 2 unspecified atom stereocenters. The number of likely N-dealkylation sites (tertiary alicyclic amines) is 1. The van der Waals surface area contributed by atoms with Crippen LogP contribution in [0.5, 0.6) is 0 Å². The highest BCUT2D eigenvalue weighted by molar-refractivity contribution is 6.06. The van der Waals surface area contributed by atoms with Gasteiger partial charge in [0.1, 0.15) is 5.41 Å². The van der Waals surface area contributed by atoms with Crippen LogP contribution in [0.4, 0.5) is 0 Å². The van der Waals surface area contributed by atoms with Crippen molar-refractivity contribution in [1.29, 1.82) is 0 Å². The molecule has 1 aliphatic heterocycles. The summed E-state index contributed by atoms with van der Waals surface area (Å²) in [4.78, 5) is 14.2. The third-order valence-corrected chi connectivity index (χ3v) is 3.67. The van der Waals surface area contributed by atoms with Crippen LogP contribution in [-0.2, 0) is 4.79 Å². The van der Waals surface area contributed by atoms with Crippen LogP contribution in [-0.4, -0.2) is 34.4 Å². The van der Waals surface area contributed by atoms with Gasteiger partial charge in [-0.15, -0.1) is 0 Å². The second kappa shape index (κ2) is 4.72. The van der Waals surface area contributed by atoms with Gasteiger partial charge in [-0.25, -0.2) is 0 Å². The normalized spacial score (nSPS) is 25.6. The molecule has 1 fully saturated rings. The molecule has 1 heterocycles. The summed E-state index contributed by atoms with van der Waals surface area (Å²) >= 11 is 0. The van der Waals surface area contributed by atoms with Crippen molar-refractivity contribution in [3.63, 3.8) is 0 Å². The minimum atomic E-state index is -0.882. The summed E-state index contributed by atoms with van der Waals surface area (Å²) in [5, 5.41) is 11.7. The molecule has 16 heavy (non-hydrogen) atoms. The van der Waals surface area contributed by atoms with Crippen LogP contribution in [0.1, 0.15) is 40.0 Å². The minimum Gasteiger partial charge on any atom is -0.409 e. The number of nitrogens with two attached hydrogens (primary N) is 1. The van der Waals surface area contributed by atoms with Crippen LogP contribution in [0.25, 0.3) is 0 Å². The van der Waals surface area contributed by atoms with Crippen LogP contribution >= 0.6 is 0 Å². The highest BCUT2D eigenvalue weighted by atomic mass is 16.4. The highest BCUT2D eigenvalue weighted by Gasteiger charge is 2.41. The van der Waals surface area contributed by atoms with E-state index in [1.807, 2.05) is 18.7 Å². The lowest BCUT2D eigenvalue weighted by molar-refractivity contribution is -0.138. The van der Waals surface area contributed by atoms with E-state index in [0.29, 0.717) is 6.42 Å². The molecule has 2 atom stereocenters. The number of nitrogens with zero attached hydrogens (tertiary/aromatic N) is 2. The van der Waals surface area contributed by atoms with Crippen molar-refractivity contribution in [2.75, 3.05) is 6.54 Å². The molecule has 1 rings (SSSR count). The van der Waals surface area contributed by atoms with Gasteiger partial charge in [-0.05, 0) is 33.1 Å². The van der Waals surface area contributed by atoms with E-state index < -0.39 is 5.41 Å². The third-order valence-electron chi connectivity index (χ3n) is 3.67. The standard InChI is InChI=1S/C11H21N3O2/c1-4-11(3,9(12)13-16)10(15)14-7-5-6-8(14)2/h8,16H,4-7H2,1-3H3,(H2,12,13). The summed E-state index contributed by atoms with van der Waals surface area (Å²) in [7, 11) is 0. The molecule has 0 bridgehead atoms. The summed E-state index contributed by atoms with van der Waals surface area (Å²) < 4.78 is 0. The molecule has 0 aliphatic carbocycles. The van der Waals surface area contributed by atoms with Crippen LogP contribution in [0.3, 0.4) is 0 Å². The van der Waals surface area contributed by atoms with E-state index in [4.69, 9.17) is 10.9 Å². The van der Waals surface area contributed by atoms with Gasteiger partial charge in [0.05, 0.1) is 0 Å². The third kappa shape index (κ3) is 1.99. The van der Waals surface area contributed by atoms with Gasteiger partial charge < -0.3 is 15.8 Å². The van der Waals surface area contributed by atoms with E-state index in [1.165, 1.54) is 0 Å². The summed E-state index contributed by atoms with van der Waals surface area (Å²) in [6.45, 7) is 6.41.